The number of aryl methyl sites for hydroxylation is 2. The third kappa shape index (κ3) is 4.64. The molecule has 0 saturated heterocycles. The molecule has 0 atom stereocenters. The van der Waals surface area contributed by atoms with Gasteiger partial charge in [0, 0.05) is 19.9 Å². The number of aromatic nitrogens is 1. The molecule has 1 heterocycles. The van der Waals surface area contributed by atoms with E-state index in [0.29, 0.717) is 18.7 Å². The summed E-state index contributed by atoms with van der Waals surface area (Å²) >= 11 is 0. The molecule has 1 N–H and O–H groups in total. The van der Waals surface area contributed by atoms with Gasteiger partial charge in [-0.15, -0.1) is 0 Å². The number of amides is 1. The number of rotatable bonds is 3. The molecule has 0 saturated carbocycles. The highest BCUT2D eigenvalue weighted by molar-refractivity contribution is 5.75. The van der Waals surface area contributed by atoms with E-state index in [1.165, 1.54) is 0 Å². The molecule has 1 amide bonds. The van der Waals surface area contributed by atoms with Crippen molar-refractivity contribution in [3.05, 3.63) is 17.8 Å². The Kier molecular flexibility index (Phi) is 6.45. The maximum absolute atomic E-state index is 10.8. The second-order valence-electron chi connectivity index (χ2n) is 2.56. The first-order valence-corrected chi connectivity index (χ1v) is 4.84. The van der Waals surface area contributed by atoms with Crippen molar-refractivity contribution < 1.29 is 9.21 Å². The monoisotopic (exact) mass is 198 g/mol. The van der Waals surface area contributed by atoms with Gasteiger partial charge in [0.25, 0.3) is 0 Å². The highest BCUT2D eigenvalue weighted by Crippen LogP contribution is 2.02. The lowest BCUT2D eigenvalue weighted by atomic mass is 10.3. The first-order chi connectivity index (χ1) is 6.72. The topological polar surface area (TPSA) is 55.1 Å². The molecule has 1 aromatic rings. The highest BCUT2D eigenvalue weighted by Gasteiger charge is 2.03. The van der Waals surface area contributed by atoms with Crippen LogP contribution in [0.25, 0.3) is 0 Å². The van der Waals surface area contributed by atoms with Gasteiger partial charge in [-0.1, -0.05) is 13.8 Å². The Morgan fingerprint density at radius 1 is 1.57 bits per heavy atom. The van der Waals surface area contributed by atoms with E-state index in [9.17, 15) is 4.79 Å². The van der Waals surface area contributed by atoms with Gasteiger partial charge in [-0.3, -0.25) is 4.79 Å². The van der Waals surface area contributed by atoms with Crippen molar-refractivity contribution in [3.8, 4) is 0 Å². The third-order valence-electron chi connectivity index (χ3n) is 1.51. The summed E-state index contributed by atoms with van der Waals surface area (Å²) in [4.78, 5) is 14.9. The molecule has 0 fully saturated rings. The number of oxazole rings is 1. The Bertz CT molecular complexity index is 269. The Hall–Kier alpha value is -1.32. The fourth-order valence-corrected chi connectivity index (χ4v) is 0.863. The second-order valence-corrected chi connectivity index (χ2v) is 2.56. The van der Waals surface area contributed by atoms with Crippen molar-refractivity contribution in [1.82, 2.24) is 10.3 Å². The summed E-state index contributed by atoms with van der Waals surface area (Å²) in [5, 5.41) is 2.53. The summed E-state index contributed by atoms with van der Waals surface area (Å²) in [5.74, 6) is 0.627. The molecule has 4 nitrogen and oxygen atoms in total. The molecule has 0 aliphatic heterocycles. The van der Waals surface area contributed by atoms with E-state index >= 15 is 0 Å². The van der Waals surface area contributed by atoms with Crippen molar-refractivity contribution in [2.45, 2.75) is 33.6 Å². The Labute approximate surface area is 84.7 Å². The summed E-state index contributed by atoms with van der Waals surface area (Å²) in [5.41, 5.74) is 0.849. The Balaban J connectivity index is 0.000000791. The van der Waals surface area contributed by atoms with Crippen LogP contribution in [-0.2, 0) is 11.2 Å². The van der Waals surface area contributed by atoms with Crippen LogP contribution in [0.1, 0.15) is 31.9 Å². The fourth-order valence-electron chi connectivity index (χ4n) is 0.863. The highest BCUT2D eigenvalue weighted by atomic mass is 16.3. The summed E-state index contributed by atoms with van der Waals surface area (Å²) in [6.45, 7) is 5.85. The van der Waals surface area contributed by atoms with Gasteiger partial charge in [-0.05, 0) is 6.92 Å². The maximum atomic E-state index is 10.8. The zero-order valence-corrected chi connectivity index (χ0v) is 9.26. The summed E-state index contributed by atoms with van der Waals surface area (Å²) in [6.07, 6.45) is 2.57. The van der Waals surface area contributed by atoms with Crippen LogP contribution >= 0.6 is 0 Å². The van der Waals surface area contributed by atoms with E-state index in [0.717, 1.165) is 5.69 Å². The third-order valence-corrected chi connectivity index (χ3v) is 1.51. The normalized spacial score (nSPS) is 8.86. The van der Waals surface area contributed by atoms with Gasteiger partial charge in [0.05, 0.1) is 5.69 Å². The molecule has 1 rings (SSSR count). The lowest BCUT2D eigenvalue weighted by molar-refractivity contribution is -0.120. The van der Waals surface area contributed by atoms with Gasteiger partial charge < -0.3 is 9.73 Å². The second kappa shape index (κ2) is 7.12. The zero-order valence-electron chi connectivity index (χ0n) is 9.26. The molecule has 0 aromatic carbocycles. The van der Waals surface area contributed by atoms with Crippen LogP contribution in [0.15, 0.2) is 10.7 Å². The van der Waals surface area contributed by atoms with Gasteiger partial charge in [-0.2, -0.15) is 0 Å². The minimum Gasteiger partial charge on any atom is -0.449 e. The number of hydrogen-bond donors (Lipinski definition) is 1. The van der Waals surface area contributed by atoms with E-state index in [2.05, 4.69) is 10.3 Å². The standard InChI is InChI=1S/C8H12N2O2.C2H6/c1-6-5-12-8(10-6)4-3-7(11)9-2;1-2/h5H,3-4H2,1-2H3,(H,9,11);1-2H3. The molecule has 14 heavy (non-hydrogen) atoms. The van der Waals surface area contributed by atoms with E-state index < -0.39 is 0 Å². The molecule has 0 unspecified atom stereocenters. The Morgan fingerprint density at radius 2 is 2.21 bits per heavy atom. The quantitative estimate of drug-likeness (QED) is 0.804. The molecular formula is C10H18N2O2. The number of carbonyl (C=O) groups is 1. The first-order valence-electron chi connectivity index (χ1n) is 4.84. The van der Waals surface area contributed by atoms with Gasteiger partial charge in [-0.25, -0.2) is 4.98 Å². The van der Waals surface area contributed by atoms with E-state index in [1.807, 2.05) is 20.8 Å². The zero-order chi connectivity index (χ0) is 11.0. The van der Waals surface area contributed by atoms with Crippen LogP contribution in [0, 0.1) is 6.92 Å². The minimum absolute atomic E-state index is 0.00542. The van der Waals surface area contributed by atoms with Gasteiger partial charge in [0.2, 0.25) is 5.91 Å². The summed E-state index contributed by atoms with van der Waals surface area (Å²) in [6, 6.07) is 0. The van der Waals surface area contributed by atoms with Crippen LogP contribution < -0.4 is 5.32 Å². The van der Waals surface area contributed by atoms with Crippen molar-refractivity contribution in [2.24, 2.45) is 0 Å². The van der Waals surface area contributed by atoms with E-state index in [1.54, 1.807) is 13.3 Å². The molecule has 0 aliphatic rings. The number of carbonyl (C=O) groups excluding carboxylic acids is 1. The average Bonchev–Trinajstić information content (AvgIpc) is 2.64. The van der Waals surface area contributed by atoms with Crippen LogP contribution in [-0.4, -0.2) is 17.9 Å². The Morgan fingerprint density at radius 3 is 2.64 bits per heavy atom. The van der Waals surface area contributed by atoms with Crippen LogP contribution in [0.5, 0.6) is 0 Å². The molecule has 0 radical (unpaired) electrons. The van der Waals surface area contributed by atoms with Crippen molar-refractivity contribution in [2.75, 3.05) is 7.05 Å². The van der Waals surface area contributed by atoms with Crippen LogP contribution in [0.3, 0.4) is 0 Å². The lowest BCUT2D eigenvalue weighted by Crippen LogP contribution is -2.17. The van der Waals surface area contributed by atoms with Gasteiger partial charge >= 0.3 is 0 Å². The van der Waals surface area contributed by atoms with Crippen molar-refractivity contribution in [1.29, 1.82) is 0 Å². The molecule has 1 aromatic heterocycles. The molecular weight excluding hydrogens is 180 g/mol. The number of nitrogens with one attached hydrogen (secondary N) is 1. The predicted octanol–water partition coefficient (Wildman–Crippen LogP) is 1.69. The minimum atomic E-state index is 0.00542. The van der Waals surface area contributed by atoms with Crippen molar-refractivity contribution >= 4 is 5.91 Å². The van der Waals surface area contributed by atoms with Crippen molar-refractivity contribution in [3.63, 3.8) is 0 Å². The maximum Gasteiger partial charge on any atom is 0.220 e. The van der Waals surface area contributed by atoms with E-state index in [-0.39, 0.29) is 5.91 Å². The van der Waals surface area contributed by atoms with E-state index in [4.69, 9.17) is 4.42 Å². The predicted molar refractivity (Wildman–Crippen MR) is 55.0 cm³/mol. The molecule has 0 aliphatic carbocycles. The van der Waals surface area contributed by atoms with Crippen LogP contribution in [0.4, 0.5) is 0 Å². The van der Waals surface area contributed by atoms with Gasteiger partial charge in [0.1, 0.15) is 6.26 Å². The van der Waals surface area contributed by atoms with Gasteiger partial charge in [0.15, 0.2) is 5.89 Å². The molecule has 0 bridgehead atoms. The lowest BCUT2D eigenvalue weighted by Gasteiger charge is -1.94. The number of nitrogens with zero attached hydrogens (tertiary/aromatic N) is 1. The fraction of sp³-hybridized carbons (Fsp3) is 0.600. The molecule has 0 spiro atoms. The first kappa shape index (κ1) is 12.7. The summed E-state index contributed by atoms with van der Waals surface area (Å²) < 4.78 is 5.07. The SMILES string of the molecule is CC.CNC(=O)CCc1nc(C)co1. The molecule has 80 valence electrons. The largest absolute Gasteiger partial charge is 0.449 e. The summed E-state index contributed by atoms with van der Waals surface area (Å²) in [7, 11) is 1.61. The molecule has 4 heteroatoms. The van der Waals surface area contributed by atoms with Crippen LogP contribution in [0.2, 0.25) is 0 Å². The smallest absolute Gasteiger partial charge is 0.220 e. The average molecular weight is 198 g/mol. The number of hydrogen-bond acceptors (Lipinski definition) is 3.